The molecule has 0 spiro atoms. The summed E-state index contributed by atoms with van der Waals surface area (Å²) in [7, 11) is 0. The number of aryl methyl sites for hydroxylation is 1. The maximum atomic E-state index is 5.41. The average molecular weight is 295 g/mol. The van der Waals surface area contributed by atoms with Gasteiger partial charge in [0, 0.05) is 12.1 Å². The lowest BCUT2D eigenvalue weighted by atomic mass is 10.0. The molecule has 0 saturated heterocycles. The summed E-state index contributed by atoms with van der Waals surface area (Å²) >= 11 is 1.91. The Morgan fingerprint density at radius 2 is 1.90 bits per heavy atom. The Hall–Kier alpha value is -0.870. The van der Waals surface area contributed by atoms with Crippen molar-refractivity contribution in [3.63, 3.8) is 0 Å². The predicted octanol–water partition coefficient (Wildman–Crippen LogP) is 3.47. The molecule has 1 N–H and O–H groups in total. The molecule has 0 amide bonds. The van der Waals surface area contributed by atoms with Crippen molar-refractivity contribution in [3.05, 3.63) is 23.8 Å². The maximum absolute atomic E-state index is 5.41. The van der Waals surface area contributed by atoms with Gasteiger partial charge in [0.15, 0.2) is 11.5 Å². The van der Waals surface area contributed by atoms with Gasteiger partial charge < -0.3 is 14.8 Å². The normalized spacial score (nSPS) is 16.1. The Labute approximate surface area is 126 Å². The van der Waals surface area contributed by atoms with Crippen LogP contribution in [0, 0.1) is 0 Å². The summed E-state index contributed by atoms with van der Waals surface area (Å²) in [6.45, 7) is 4.89. The van der Waals surface area contributed by atoms with E-state index in [1.165, 1.54) is 17.7 Å². The van der Waals surface area contributed by atoms with Crippen LogP contribution in [0.5, 0.6) is 11.5 Å². The van der Waals surface area contributed by atoms with Crippen LogP contribution >= 0.6 is 11.8 Å². The van der Waals surface area contributed by atoms with Gasteiger partial charge in [-0.2, -0.15) is 11.8 Å². The molecule has 0 radical (unpaired) electrons. The van der Waals surface area contributed by atoms with E-state index in [2.05, 4.69) is 37.6 Å². The first kappa shape index (κ1) is 15.5. The van der Waals surface area contributed by atoms with Crippen LogP contribution in [-0.2, 0) is 6.42 Å². The standard InChI is InChI=1S/C16H25NO2S/c1-12(17-13(2)8-9-20-3)4-5-14-6-7-15-16(10-14)19-11-18-15/h6-7,10,12-13,17H,4-5,8-9,11H2,1-3H3. The third kappa shape index (κ3) is 4.60. The van der Waals surface area contributed by atoms with Crippen LogP contribution < -0.4 is 14.8 Å². The van der Waals surface area contributed by atoms with Crippen molar-refractivity contribution in [3.8, 4) is 11.5 Å². The molecular weight excluding hydrogens is 270 g/mol. The lowest BCUT2D eigenvalue weighted by molar-refractivity contribution is 0.174. The minimum Gasteiger partial charge on any atom is -0.454 e. The number of hydrogen-bond acceptors (Lipinski definition) is 4. The number of fused-ring (bicyclic) bond motifs is 1. The number of thioether (sulfide) groups is 1. The van der Waals surface area contributed by atoms with Crippen molar-refractivity contribution in [1.29, 1.82) is 0 Å². The second-order valence-electron chi connectivity index (χ2n) is 5.48. The molecule has 2 atom stereocenters. The Morgan fingerprint density at radius 1 is 1.15 bits per heavy atom. The SMILES string of the molecule is CSCCC(C)NC(C)CCc1ccc2c(c1)OCO2. The Morgan fingerprint density at radius 3 is 2.70 bits per heavy atom. The number of ether oxygens (including phenoxy) is 2. The van der Waals surface area contributed by atoms with Gasteiger partial charge >= 0.3 is 0 Å². The highest BCUT2D eigenvalue weighted by atomic mass is 32.2. The highest BCUT2D eigenvalue weighted by Crippen LogP contribution is 2.32. The summed E-state index contributed by atoms with van der Waals surface area (Å²) in [5.74, 6) is 2.98. The van der Waals surface area contributed by atoms with E-state index >= 15 is 0 Å². The molecule has 0 saturated carbocycles. The molecule has 1 aliphatic rings. The summed E-state index contributed by atoms with van der Waals surface area (Å²) in [6, 6.07) is 7.38. The minimum atomic E-state index is 0.351. The van der Waals surface area contributed by atoms with Gasteiger partial charge in [0.1, 0.15) is 0 Å². The van der Waals surface area contributed by atoms with Crippen molar-refractivity contribution in [2.75, 3.05) is 18.8 Å². The zero-order chi connectivity index (χ0) is 14.4. The van der Waals surface area contributed by atoms with E-state index < -0.39 is 0 Å². The first-order chi connectivity index (χ1) is 9.69. The second kappa shape index (κ2) is 7.79. The van der Waals surface area contributed by atoms with Crippen LogP contribution in [0.25, 0.3) is 0 Å². The number of benzene rings is 1. The molecule has 112 valence electrons. The van der Waals surface area contributed by atoms with Crippen LogP contribution in [0.2, 0.25) is 0 Å². The molecule has 0 aliphatic carbocycles. The summed E-state index contributed by atoms with van der Waals surface area (Å²) < 4.78 is 10.7. The van der Waals surface area contributed by atoms with Crippen LogP contribution in [0.1, 0.15) is 32.3 Å². The molecular formula is C16H25NO2S. The molecule has 20 heavy (non-hydrogen) atoms. The van der Waals surface area contributed by atoms with E-state index in [-0.39, 0.29) is 0 Å². The summed E-state index contributed by atoms with van der Waals surface area (Å²) in [4.78, 5) is 0. The van der Waals surface area contributed by atoms with Crippen LogP contribution in [0.15, 0.2) is 18.2 Å². The molecule has 2 rings (SSSR count). The van der Waals surface area contributed by atoms with Gasteiger partial charge in [-0.1, -0.05) is 6.07 Å². The molecule has 0 aromatic heterocycles. The van der Waals surface area contributed by atoms with E-state index in [1.807, 2.05) is 17.8 Å². The van der Waals surface area contributed by atoms with Crippen molar-refractivity contribution >= 4 is 11.8 Å². The molecule has 1 aliphatic heterocycles. The highest BCUT2D eigenvalue weighted by molar-refractivity contribution is 7.98. The quantitative estimate of drug-likeness (QED) is 0.795. The van der Waals surface area contributed by atoms with Crippen molar-refractivity contribution in [1.82, 2.24) is 5.32 Å². The number of rotatable bonds is 8. The minimum absolute atomic E-state index is 0.351. The van der Waals surface area contributed by atoms with E-state index in [9.17, 15) is 0 Å². The summed E-state index contributed by atoms with van der Waals surface area (Å²) in [5, 5.41) is 3.67. The van der Waals surface area contributed by atoms with Gasteiger partial charge in [0.05, 0.1) is 0 Å². The topological polar surface area (TPSA) is 30.5 Å². The molecule has 1 aromatic rings. The largest absolute Gasteiger partial charge is 0.454 e. The fraction of sp³-hybridized carbons (Fsp3) is 0.625. The lowest BCUT2D eigenvalue weighted by Gasteiger charge is -2.19. The van der Waals surface area contributed by atoms with Gasteiger partial charge in [0.2, 0.25) is 6.79 Å². The van der Waals surface area contributed by atoms with Crippen LogP contribution in [-0.4, -0.2) is 30.9 Å². The molecule has 1 heterocycles. The zero-order valence-corrected chi connectivity index (χ0v) is 13.5. The highest BCUT2D eigenvalue weighted by Gasteiger charge is 2.13. The third-order valence-electron chi connectivity index (χ3n) is 3.63. The van der Waals surface area contributed by atoms with Gasteiger partial charge in [-0.15, -0.1) is 0 Å². The van der Waals surface area contributed by atoms with E-state index in [0.717, 1.165) is 24.3 Å². The number of hydrogen-bond donors (Lipinski definition) is 1. The van der Waals surface area contributed by atoms with Gasteiger partial charge in [0.25, 0.3) is 0 Å². The summed E-state index contributed by atoms with van der Waals surface area (Å²) in [5.41, 5.74) is 1.32. The Balaban J connectivity index is 1.74. The maximum Gasteiger partial charge on any atom is 0.231 e. The van der Waals surface area contributed by atoms with Gasteiger partial charge in [-0.25, -0.2) is 0 Å². The lowest BCUT2D eigenvalue weighted by Crippen LogP contribution is -2.35. The second-order valence-corrected chi connectivity index (χ2v) is 6.46. The monoisotopic (exact) mass is 295 g/mol. The fourth-order valence-corrected chi connectivity index (χ4v) is 3.02. The third-order valence-corrected chi connectivity index (χ3v) is 4.27. The van der Waals surface area contributed by atoms with Crippen LogP contribution in [0.3, 0.4) is 0 Å². The molecule has 0 fully saturated rings. The molecule has 3 nitrogen and oxygen atoms in total. The van der Waals surface area contributed by atoms with Gasteiger partial charge in [-0.3, -0.25) is 0 Å². The molecule has 0 bridgehead atoms. The molecule has 2 unspecified atom stereocenters. The molecule has 4 heteroatoms. The molecule has 1 aromatic carbocycles. The smallest absolute Gasteiger partial charge is 0.231 e. The fourth-order valence-electron chi connectivity index (χ4n) is 2.43. The van der Waals surface area contributed by atoms with E-state index in [1.54, 1.807) is 0 Å². The predicted molar refractivity (Wildman–Crippen MR) is 85.9 cm³/mol. The van der Waals surface area contributed by atoms with Crippen LogP contribution in [0.4, 0.5) is 0 Å². The van der Waals surface area contributed by atoms with Crippen molar-refractivity contribution in [2.45, 2.75) is 45.2 Å². The van der Waals surface area contributed by atoms with E-state index in [0.29, 0.717) is 18.9 Å². The van der Waals surface area contributed by atoms with Crippen molar-refractivity contribution < 1.29 is 9.47 Å². The summed E-state index contributed by atoms with van der Waals surface area (Å²) in [6.07, 6.45) is 5.61. The van der Waals surface area contributed by atoms with E-state index in [4.69, 9.17) is 9.47 Å². The Bertz CT molecular complexity index is 425. The first-order valence-electron chi connectivity index (χ1n) is 7.32. The number of nitrogens with one attached hydrogen (secondary N) is 1. The Kier molecular flexibility index (Phi) is 6.05. The van der Waals surface area contributed by atoms with Crippen molar-refractivity contribution in [2.24, 2.45) is 0 Å². The average Bonchev–Trinajstić information content (AvgIpc) is 2.90. The van der Waals surface area contributed by atoms with Gasteiger partial charge in [-0.05, 0) is 62.8 Å². The zero-order valence-electron chi connectivity index (χ0n) is 12.6. The first-order valence-corrected chi connectivity index (χ1v) is 8.72.